The van der Waals surface area contributed by atoms with E-state index in [4.69, 9.17) is 5.11 Å². The third kappa shape index (κ3) is 2.58. The summed E-state index contributed by atoms with van der Waals surface area (Å²) in [5.74, 6) is -1.23. The van der Waals surface area contributed by atoms with Crippen molar-refractivity contribution >= 4 is 17.6 Å². The van der Waals surface area contributed by atoms with E-state index in [0.29, 0.717) is 5.69 Å². The molecule has 86 valence electrons. The highest BCUT2D eigenvalue weighted by Gasteiger charge is 2.16. The summed E-state index contributed by atoms with van der Waals surface area (Å²) in [4.78, 5) is 23.9. The minimum absolute atomic E-state index is 0.120. The molecule has 1 aromatic carbocycles. The number of amides is 1. The maximum absolute atomic E-state index is 11.6. The van der Waals surface area contributed by atoms with E-state index in [1.165, 1.54) is 11.0 Å². The standard InChI is InChI=1S/C11H14N2O3/c1-12-7-10(14)13(2)9-6-4-3-5-8(9)11(15)16/h3-6,12H,7H2,1-2H3,(H,15,16). The summed E-state index contributed by atoms with van der Waals surface area (Å²) in [7, 11) is 3.22. The van der Waals surface area contributed by atoms with Gasteiger partial charge in [-0.15, -0.1) is 0 Å². The van der Waals surface area contributed by atoms with Gasteiger partial charge < -0.3 is 15.3 Å². The molecule has 16 heavy (non-hydrogen) atoms. The number of para-hydroxylation sites is 1. The predicted octanol–water partition coefficient (Wildman–Crippen LogP) is 0.567. The lowest BCUT2D eigenvalue weighted by Gasteiger charge is -2.18. The van der Waals surface area contributed by atoms with Gasteiger partial charge in [0.1, 0.15) is 0 Å². The van der Waals surface area contributed by atoms with Crippen molar-refractivity contribution in [3.8, 4) is 0 Å². The van der Waals surface area contributed by atoms with Crippen LogP contribution in [0.2, 0.25) is 0 Å². The van der Waals surface area contributed by atoms with Crippen LogP contribution in [0.25, 0.3) is 0 Å². The van der Waals surface area contributed by atoms with Crippen LogP contribution in [0.4, 0.5) is 5.69 Å². The van der Waals surface area contributed by atoms with Gasteiger partial charge in [0, 0.05) is 7.05 Å². The maximum atomic E-state index is 11.6. The van der Waals surface area contributed by atoms with Crippen molar-refractivity contribution in [3.63, 3.8) is 0 Å². The van der Waals surface area contributed by atoms with Crippen molar-refractivity contribution in [3.05, 3.63) is 29.8 Å². The summed E-state index contributed by atoms with van der Waals surface area (Å²) in [5, 5.41) is 11.7. The number of carboxylic acid groups (broad SMARTS) is 1. The first-order valence-corrected chi connectivity index (χ1v) is 4.81. The number of carbonyl (C=O) groups is 2. The monoisotopic (exact) mass is 222 g/mol. The highest BCUT2D eigenvalue weighted by Crippen LogP contribution is 2.18. The van der Waals surface area contributed by atoms with Crippen LogP contribution in [0.3, 0.4) is 0 Å². The number of anilines is 1. The number of likely N-dealkylation sites (N-methyl/N-ethyl adjacent to an activating group) is 2. The van der Waals surface area contributed by atoms with Gasteiger partial charge in [-0.25, -0.2) is 4.79 Å². The minimum Gasteiger partial charge on any atom is -0.478 e. The van der Waals surface area contributed by atoms with E-state index in [1.54, 1.807) is 32.3 Å². The fraction of sp³-hybridized carbons (Fsp3) is 0.273. The predicted molar refractivity (Wildman–Crippen MR) is 60.7 cm³/mol. The van der Waals surface area contributed by atoms with E-state index in [1.807, 2.05) is 0 Å². The van der Waals surface area contributed by atoms with Gasteiger partial charge in [0.05, 0.1) is 17.8 Å². The van der Waals surface area contributed by atoms with Gasteiger partial charge in [-0.1, -0.05) is 12.1 Å². The van der Waals surface area contributed by atoms with Crippen LogP contribution in [0.5, 0.6) is 0 Å². The highest BCUT2D eigenvalue weighted by molar-refractivity contribution is 6.02. The zero-order chi connectivity index (χ0) is 12.1. The van der Waals surface area contributed by atoms with Gasteiger partial charge in [0.2, 0.25) is 5.91 Å². The normalized spacial score (nSPS) is 9.88. The SMILES string of the molecule is CNCC(=O)N(C)c1ccccc1C(=O)O. The lowest BCUT2D eigenvalue weighted by molar-refractivity contribution is -0.117. The number of rotatable bonds is 4. The Balaban J connectivity index is 3.03. The largest absolute Gasteiger partial charge is 0.478 e. The molecule has 0 spiro atoms. The van der Waals surface area contributed by atoms with Crippen molar-refractivity contribution < 1.29 is 14.7 Å². The molecule has 0 heterocycles. The van der Waals surface area contributed by atoms with E-state index in [0.717, 1.165) is 0 Å². The number of hydrogen-bond acceptors (Lipinski definition) is 3. The molecule has 0 saturated carbocycles. The Morgan fingerprint density at radius 3 is 2.56 bits per heavy atom. The zero-order valence-electron chi connectivity index (χ0n) is 9.23. The smallest absolute Gasteiger partial charge is 0.337 e. The van der Waals surface area contributed by atoms with E-state index >= 15 is 0 Å². The van der Waals surface area contributed by atoms with Gasteiger partial charge in [-0.3, -0.25) is 4.79 Å². The van der Waals surface area contributed by atoms with Crippen LogP contribution in [-0.2, 0) is 4.79 Å². The molecule has 2 N–H and O–H groups in total. The topological polar surface area (TPSA) is 69.6 Å². The van der Waals surface area contributed by atoms with Gasteiger partial charge in [-0.2, -0.15) is 0 Å². The van der Waals surface area contributed by atoms with E-state index in [-0.39, 0.29) is 18.0 Å². The molecule has 0 aliphatic rings. The molecule has 1 amide bonds. The van der Waals surface area contributed by atoms with Crippen LogP contribution in [0, 0.1) is 0 Å². The van der Waals surface area contributed by atoms with Gasteiger partial charge in [-0.05, 0) is 19.2 Å². The maximum Gasteiger partial charge on any atom is 0.337 e. The molecular formula is C11H14N2O3. The molecule has 0 fully saturated rings. The molecule has 0 bridgehead atoms. The molecular weight excluding hydrogens is 208 g/mol. The van der Waals surface area contributed by atoms with Crippen LogP contribution in [0.1, 0.15) is 10.4 Å². The van der Waals surface area contributed by atoms with Crippen molar-refractivity contribution in [2.24, 2.45) is 0 Å². The first kappa shape index (κ1) is 12.2. The average Bonchev–Trinajstić information content (AvgIpc) is 2.28. The molecule has 0 aromatic heterocycles. The van der Waals surface area contributed by atoms with E-state index in [2.05, 4.69) is 5.32 Å². The first-order valence-electron chi connectivity index (χ1n) is 4.81. The first-order chi connectivity index (χ1) is 7.57. The van der Waals surface area contributed by atoms with Crippen molar-refractivity contribution in [2.75, 3.05) is 25.5 Å². The molecule has 0 saturated heterocycles. The number of nitrogens with zero attached hydrogens (tertiary/aromatic N) is 1. The van der Waals surface area contributed by atoms with Gasteiger partial charge in [0.15, 0.2) is 0 Å². The summed E-state index contributed by atoms with van der Waals surface area (Å²) in [6.07, 6.45) is 0. The Kier molecular flexibility index (Phi) is 4.02. The Morgan fingerprint density at radius 1 is 1.38 bits per heavy atom. The number of nitrogens with one attached hydrogen (secondary N) is 1. The Hall–Kier alpha value is -1.88. The highest BCUT2D eigenvalue weighted by atomic mass is 16.4. The van der Waals surface area contributed by atoms with Crippen LogP contribution >= 0.6 is 0 Å². The summed E-state index contributed by atoms with van der Waals surface area (Å²) in [6, 6.07) is 6.41. The van der Waals surface area contributed by atoms with Crippen LogP contribution in [-0.4, -0.2) is 37.6 Å². The Labute approximate surface area is 93.7 Å². The quantitative estimate of drug-likeness (QED) is 0.781. The van der Waals surface area contributed by atoms with Crippen LogP contribution in [0.15, 0.2) is 24.3 Å². The average molecular weight is 222 g/mol. The second-order valence-corrected chi connectivity index (χ2v) is 3.31. The number of hydrogen-bond donors (Lipinski definition) is 2. The molecule has 0 aliphatic carbocycles. The number of carbonyl (C=O) groups excluding carboxylic acids is 1. The van der Waals surface area contributed by atoms with Crippen LogP contribution < -0.4 is 10.2 Å². The van der Waals surface area contributed by atoms with Gasteiger partial charge >= 0.3 is 5.97 Å². The minimum atomic E-state index is -1.04. The van der Waals surface area contributed by atoms with Crippen molar-refractivity contribution in [1.82, 2.24) is 5.32 Å². The molecule has 1 aromatic rings. The second kappa shape index (κ2) is 5.27. The summed E-state index contributed by atoms with van der Waals surface area (Å²) >= 11 is 0. The molecule has 5 nitrogen and oxygen atoms in total. The summed E-state index contributed by atoms with van der Waals surface area (Å²) in [6.45, 7) is 0.171. The number of carboxylic acids is 1. The molecule has 0 aliphatic heterocycles. The van der Waals surface area contributed by atoms with E-state index in [9.17, 15) is 9.59 Å². The molecule has 1 rings (SSSR count). The molecule has 0 radical (unpaired) electrons. The van der Waals surface area contributed by atoms with Gasteiger partial charge in [0.25, 0.3) is 0 Å². The van der Waals surface area contributed by atoms with Crippen molar-refractivity contribution in [2.45, 2.75) is 0 Å². The third-order valence-electron chi connectivity index (χ3n) is 2.20. The zero-order valence-corrected chi connectivity index (χ0v) is 9.23. The summed E-state index contributed by atoms with van der Waals surface area (Å²) in [5.41, 5.74) is 0.518. The number of benzene rings is 1. The number of aromatic carboxylic acids is 1. The molecule has 5 heteroatoms. The fourth-order valence-corrected chi connectivity index (χ4v) is 1.35. The molecule has 0 unspecified atom stereocenters. The van der Waals surface area contributed by atoms with Crippen molar-refractivity contribution in [1.29, 1.82) is 0 Å². The fourth-order valence-electron chi connectivity index (χ4n) is 1.35. The summed E-state index contributed by atoms with van der Waals surface area (Å²) < 4.78 is 0. The van der Waals surface area contributed by atoms with E-state index < -0.39 is 5.97 Å². The third-order valence-corrected chi connectivity index (χ3v) is 2.20. The lowest BCUT2D eigenvalue weighted by atomic mass is 10.1. The second-order valence-electron chi connectivity index (χ2n) is 3.31. The lowest BCUT2D eigenvalue weighted by Crippen LogP contribution is -2.34. The Morgan fingerprint density at radius 2 is 2.00 bits per heavy atom. The molecule has 0 atom stereocenters. The Bertz CT molecular complexity index is 404.